The van der Waals surface area contributed by atoms with Crippen molar-refractivity contribution in [2.24, 2.45) is 17.3 Å². The summed E-state index contributed by atoms with van der Waals surface area (Å²) in [6, 6.07) is 0. The monoisotopic (exact) mass is 240 g/mol. The smallest absolute Gasteiger partial charge is 0.0653 e. The molecule has 2 nitrogen and oxygen atoms in total. The van der Waals surface area contributed by atoms with E-state index in [0.29, 0.717) is 17.3 Å². The third-order valence-corrected chi connectivity index (χ3v) is 5.61. The van der Waals surface area contributed by atoms with Crippen LogP contribution in [0.5, 0.6) is 0 Å². The summed E-state index contributed by atoms with van der Waals surface area (Å²) in [7, 11) is 0. The van der Waals surface area contributed by atoms with Crippen LogP contribution >= 0.6 is 0 Å². The minimum atomic E-state index is -0.602. The fourth-order valence-electron chi connectivity index (χ4n) is 4.33. The molecule has 2 aliphatic carbocycles. The summed E-state index contributed by atoms with van der Waals surface area (Å²) in [4.78, 5) is 0. The van der Waals surface area contributed by atoms with E-state index in [9.17, 15) is 10.2 Å². The van der Waals surface area contributed by atoms with Gasteiger partial charge in [-0.25, -0.2) is 0 Å². The molecule has 0 saturated heterocycles. The zero-order valence-electron chi connectivity index (χ0n) is 11.8. The van der Waals surface area contributed by atoms with Crippen LogP contribution in [0.1, 0.15) is 66.2 Å². The summed E-state index contributed by atoms with van der Waals surface area (Å²) in [6.07, 6.45) is 6.55. The number of fused-ring (bicyclic) bond motifs is 1. The van der Waals surface area contributed by atoms with Crippen molar-refractivity contribution in [2.45, 2.75) is 77.4 Å². The van der Waals surface area contributed by atoms with Crippen molar-refractivity contribution in [3.63, 3.8) is 0 Å². The highest BCUT2D eigenvalue weighted by Gasteiger charge is 2.52. The average molecular weight is 240 g/mol. The van der Waals surface area contributed by atoms with Gasteiger partial charge in [-0.1, -0.05) is 13.3 Å². The first-order valence-electron chi connectivity index (χ1n) is 7.10. The van der Waals surface area contributed by atoms with E-state index in [0.717, 1.165) is 32.1 Å². The summed E-state index contributed by atoms with van der Waals surface area (Å²) in [5, 5.41) is 20.8. The molecule has 0 aromatic heterocycles. The van der Waals surface area contributed by atoms with E-state index >= 15 is 0 Å². The quantitative estimate of drug-likeness (QED) is 0.739. The Bertz CT molecular complexity index is 290. The number of hydrogen-bond donors (Lipinski definition) is 2. The van der Waals surface area contributed by atoms with Gasteiger partial charge in [-0.2, -0.15) is 0 Å². The average Bonchev–Trinajstić information content (AvgIpc) is 2.14. The number of hydrogen-bond acceptors (Lipinski definition) is 2. The Hall–Kier alpha value is -0.0800. The van der Waals surface area contributed by atoms with E-state index in [1.807, 2.05) is 20.8 Å². The van der Waals surface area contributed by atoms with Gasteiger partial charge in [0.05, 0.1) is 11.2 Å². The highest BCUT2D eigenvalue weighted by molar-refractivity contribution is 5.03. The van der Waals surface area contributed by atoms with Crippen LogP contribution in [-0.2, 0) is 0 Å². The molecule has 17 heavy (non-hydrogen) atoms. The molecule has 2 fully saturated rings. The van der Waals surface area contributed by atoms with Crippen molar-refractivity contribution in [1.29, 1.82) is 0 Å². The maximum absolute atomic E-state index is 10.6. The first-order valence-corrected chi connectivity index (χ1v) is 7.10. The summed E-state index contributed by atoms with van der Waals surface area (Å²) in [6.45, 7) is 8.17. The van der Waals surface area contributed by atoms with E-state index in [1.165, 1.54) is 6.42 Å². The van der Waals surface area contributed by atoms with Gasteiger partial charge in [0.15, 0.2) is 0 Å². The second-order valence-electron chi connectivity index (χ2n) is 7.54. The van der Waals surface area contributed by atoms with Crippen molar-refractivity contribution < 1.29 is 10.2 Å². The highest BCUT2D eigenvalue weighted by atomic mass is 16.3. The fourth-order valence-corrected chi connectivity index (χ4v) is 4.33. The van der Waals surface area contributed by atoms with Gasteiger partial charge in [0.2, 0.25) is 0 Å². The highest BCUT2D eigenvalue weighted by Crippen LogP contribution is 2.56. The molecule has 0 amide bonds. The van der Waals surface area contributed by atoms with E-state index in [-0.39, 0.29) is 0 Å². The molecule has 0 aliphatic heterocycles. The van der Waals surface area contributed by atoms with Crippen LogP contribution in [0.2, 0.25) is 0 Å². The van der Waals surface area contributed by atoms with Gasteiger partial charge < -0.3 is 10.2 Å². The fraction of sp³-hybridized carbons (Fsp3) is 1.00. The number of aliphatic hydroxyl groups is 2. The lowest BCUT2D eigenvalue weighted by Gasteiger charge is -2.55. The van der Waals surface area contributed by atoms with Crippen LogP contribution in [0.4, 0.5) is 0 Å². The summed E-state index contributed by atoms with van der Waals surface area (Å²) >= 11 is 0. The molecule has 2 heteroatoms. The molecule has 2 rings (SSSR count). The van der Waals surface area contributed by atoms with Crippen LogP contribution in [0.25, 0.3) is 0 Å². The Balaban J connectivity index is 2.20. The number of rotatable bonds is 1. The second-order valence-corrected chi connectivity index (χ2v) is 7.54. The van der Waals surface area contributed by atoms with Gasteiger partial charge in [0, 0.05) is 0 Å². The molecule has 2 aliphatic rings. The van der Waals surface area contributed by atoms with E-state index in [1.54, 1.807) is 0 Å². The Kier molecular flexibility index (Phi) is 3.11. The Morgan fingerprint density at radius 3 is 2.35 bits per heavy atom. The van der Waals surface area contributed by atoms with Crippen LogP contribution in [0, 0.1) is 17.3 Å². The molecule has 2 N–H and O–H groups in total. The first-order chi connectivity index (χ1) is 7.65. The van der Waals surface area contributed by atoms with Gasteiger partial charge in [0.25, 0.3) is 0 Å². The maximum Gasteiger partial charge on any atom is 0.0653 e. The predicted molar refractivity (Wildman–Crippen MR) is 69.7 cm³/mol. The predicted octanol–water partition coefficient (Wildman–Crippen LogP) is 3.11. The molecule has 0 spiro atoms. The Morgan fingerprint density at radius 2 is 1.76 bits per heavy atom. The van der Waals surface area contributed by atoms with Gasteiger partial charge in [-0.3, -0.25) is 0 Å². The van der Waals surface area contributed by atoms with Crippen LogP contribution < -0.4 is 0 Å². The SMILES string of the molecule is CC(C)(O)[C@@H]1CC[C@@]2(C)CCC[C@@](C)(O)C2C1. The van der Waals surface area contributed by atoms with Crippen LogP contribution in [0.3, 0.4) is 0 Å². The minimum absolute atomic E-state index is 0.295. The zero-order chi connectivity index (χ0) is 12.9. The third-order valence-electron chi connectivity index (χ3n) is 5.61. The maximum atomic E-state index is 10.6. The summed E-state index contributed by atoms with van der Waals surface area (Å²) in [5.41, 5.74) is -0.838. The normalized spacial score (nSPS) is 47.6. The van der Waals surface area contributed by atoms with Gasteiger partial charge >= 0.3 is 0 Å². The lowest BCUT2D eigenvalue weighted by Crippen LogP contribution is -2.53. The molecule has 0 radical (unpaired) electrons. The molecule has 0 aromatic rings. The van der Waals surface area contributed by atoms with Crippen molar-refractivity contribution >= 4 is 0 Å². The molecule has 4 atom stereocenters. The van der Waals surface area contributed by atoms with E-state index in [2.05, 4.69) is 6.92 Å². The molecular weight excluding hydrogens is 212 g/mol. The van der Waals surface area contributed by atoms with Gasteiger partial charge in [-0.15, -0.1) is 0 Å². The Labute approximate surface area is 105 Å². The lowest BCUT2D eigenvalue weighted by atomic mass is 9.52. The topological polar surface area (TPSA) is 40.5 Å². The molecule has 0 heterocycles. The van der Waals surface area contributed by atoms with Crippen molar-refractivity contribution in [3.05, 3.63) is 0 Å². The summed E-state index contributed by atoms with van der Waals surface area (Å²) < 4.78 is 0. The van der Waals surface area contributed by atoms with Crippen LogP contribution in [-0.4, -0.2) is 21.4 Å². The molecular formula is C15H28O2. The molecule has 0 bridgehead atoms. The summed E-state index contributed by atoms with van der Waals surface area (Å²) in [5.74, 6) is 0.694. The van der Waals surface area contributed by atoms with E-state index in [4.69, 9.17) is 0 Å². The Morgan fingerprint density at radius 1 is 1.12 bits per heavy atom. The molecule has 2 saturated carbocycles. The minimum Gasteiger partial charge on any atom is -0.390 e. The molecule has 0 aromatic carbocycles. The zero-order valence-corrected chi connectivity index (χ0v) is 11.8. The third kappa shape index (κ3) is 2.39. The van der Waals surface area contributed by atoms with Crippen molar-refractivity contribution in [3.8, 4) is 0 Å². The van der Waals surface area contributed by atoms with Crippen molar-refractivity contribution in [1.82, 2.24) is 0 Å². The van der Waals surface area contributed by atoms with Crippen molar-refractivity contribution in [2.75, 3.05) is 0 Å². The van der Waals surface area contributed by atoms with Gasteiger partial charge in [-0.05, 0) is 70.1 Å². The van der Waals surface area contributed by atoms with Gasteiger partial charge in [0.1, 0.15) is 0 Å². The standard InChI is InChI=1S/C15H28O2/c1-13(2,16)11-6-9-14(3)7-5-8-15(4,17)12(14)10-11/h11-12,16-17H,5-10H2,1-4H3/t11-,12?,14-,15-/m1/s1. The second kappa shape index (κ2) is 3.96. The van der Waals surface area contributed by atoms with Crippen LogP contribution in [0.15, 0.2) is 0 Å². The first kappa shape index (κ1) is 13.4. The molecule has 1 unspecified atom stereocenters. The lowest BCUT2D eigenvalue weighted by molar-refractivity contribution is -0.143. The molecule has 100 valence electrons. The van der Waals surface area contributed by atoms with E-state index < -0.39 is 11.2 Å². The largest absolute Gasteiger partial charge is 0.390 e.